The summed E-state index contributed by atoms with van der Waals surface area (Å²) in [6, 6.07) is 3.91. The molecule has 1 saturated carbocycles. The topological polar surface area (TPSA) is 35.6 Å². The fourth-order valence-corrected chi connectivity index (χ4v) is 8.21. The highest BCUT2D eigenvalue weighted by molar-refractivity contribution is 9.10. The first-order valence-corrected chi connectivity index (χ1v) is 14.7. The molecule has 5 rings (SSSR count). The van der Waals surface area contributed by atoms with Gasteiger partial charge in [-0.3, -0.25) is 14.6 Å². The summed E-state index contributed by atoms with van der Waals surface area (Å²) >= 11 is 3.04. The van der Waals surface area contributed by atoms with Crippen LogP contribution in [0.3, 0.4) is 0 Å². The van der Waals surface area contributed by atoms with Crippen molar-refractivity contribution >= 4 is 21.8 Å². The standard InChI is InChI=1S/C28H40BrF2N3O/c29-22-16-23(30)26(24(31)17-22)28(35)32-10-4-1-2-5-11-33-13-7-8-19-14-20-15-21(27(19)33)18-34-12-6-3-9-25(20)34/h16-17,19-21,25,27H,1-15,18H2,(H,32,35)/t19-,20+,21-,25+,27+/m0/s1. The SMILES string of the molecule is O=C(NCCCCCCN1CCC[C@H]2C[C@@H]3C[C@@H](CN4CCCC[C@H]34)[C@@H]21)c1c(F)cc(Br)cc1F. The lowest BCUT2D eigenvalue weighted by atomic mass is 9.62. The molecule has 7 heteroatoms. The Morgan fingerprint density at radius 1 is 0.943 bits per heavy atom. The minimum Gasteiger partial charge on any atom is -0.352 e. The monoisotopic (exact) mass is 551 g/mol. The van der Waals surface area contributed by atoms with Gasteiger partial charge in [-0.05, 0) is 101 Å². The van der Waals surface area contributed by atoms with E-state index in [4.69, 9.17) is 0 Å². The van der Waals surface area contributed by atoms with Crippen molar-refractivity contribution in [2.24, 2.45) is 17.8 Å². The first-order chi connectivity index (χ1) is 17.0. The summed E-state index contributed by atoms with van der Waals surface area (Å²) in [6.07, 6.45) is 14.1. The zero-order valence-corrected chi connectivity index (χ0v) is 22.4. The van der Waals surface area contributed by atoms with Crippen LogP contribution in [0.4, 0.5) is 8.78 Å². The number of benzene rings is 1. The van der Waals surface area contributed by atoms with Crippen LogP contribution in [0.5, 0.6) is 0 Å². The number of halogens is 3. The summed E-state index contributed by atoms with van der Waals surface area (Å²) in [6.45, 7) is 5.55. The molecular formula is C28H40BrF2N3O. The molecule has 1 N–H and O–H groups in total. The van der Waals surface area contributed by atoms with Crippen molar-refractivity contribution < 1.29 is 13.6 Å². The van der Waals surface area contributed by atoms with E-state index in [1.54, 1.807) is 0 Å². The van der Waals surface area contributed by atoms with E-state index < -0.39 is 23.1 Å². The molecule has 1 aromatic carbocycles. The van der Waals surface area contributed by atoms with Gasteiger partial charge in [0.1, 0.15) is 17.2 Å². The van der Waals surface area contributed by atoms with E-state index in [-0.39, 0.29) is 4.47 Å². The number of piperidine rings is 3. The normalized spacial score (nSPS) is 31.0. The molecule has 3 aliphatic heterocycles. The smallest absolute Gasteiger partial charge is 0.257 e. The molecule has 2 bridgehead atoms. The van der Waals surface area contributed by atoms with Gasteiger partial charge in [-0.25, -0.2) is 8.78 Å². The molecule has 3 heterocycles. The molecule has 194 valence electrons. The lowest BCUT2D eigenvalue weighted by Crippen LogP contribution is -2.62. The molecule has 1 aromatic rings. The molecule has 1 amide bonds. The molecule has 0 aromatic heterocycles. The molecule has 0 spiro atoms. The lowest BCUT2D eigenvalue weighted by molar-refractivity contribution is -0.0810. The fourth-order valence-electron chi connectivity index (χ4n) is 7.81. The fraction of sp³-hybridized carbons (Fsp3) is 0.750. The van der Waals surface area contributed by atoms with Crippen LogP contribution >= 0.6 is 15.9 Å². The summed E-state index contributed by atoms with van der Waals surface area (Å²) in [5, 5.41) is 2.67. The van der Waals surface area contributed by atoms with E-state index >= 15 is 0 Å². The summed E-state index contributed by atoms with van der Waals surface area (Å²) in [4.78, 5) is 17.9. The number of hydrogen-bond donors (Lipinski definition) is 1. The molecule has 1 aliphatic carbocycles. The van der Waals surface area contributed by atoms with Crippen molar-refractivity contribution in [1.82, 2.24) is 15.1 Å². The number of rotatable bonds is 8. The summed E-state index contributed by atoms with van der Waals surface area (Å²) < 4.78 is 28.2. The van der Waals surface area contributed by atoms with Gasteiger partial charge < -0.3 is 5.32 Å². The largest absolute Gasteiger partial charge is 0.352 e. The number of unbranched alkanes of at least 4 members (excludes halogenated alkanes) is 3. The van der Waals surface area contributed by atoms with Crippen molar-refractivity contribution in [2.75, 3.05) is 32.7 Å². The van der Waals surface area contributed by atoms with Crippen molar-refractivity contribution in [1.29, 1.82) is 0 Å². The average Bonchev–Trinajstić information content (AvgIpc) is 2.83. The van der Waals surface area contributed by atoms with E-state index in [1.807, 2.05) is 0 Å². The Morgan fingerprint density at radius 3 is 2.54 bits per heavy atom. The molecule has 3 saturated heterocycles. The van der Waals surface area contributed by atoms with E-state index in [9.17, 15) is 13.6 Å². The second kappa shape index (κ2) is 11.6. The highest BCUT2D eigenvalue weighted by Gasteiger charge is 2.49. The Labute approximate surface area is 217 Å². The van der Waals surface area contributed by atoms with E-state index in [1.165, 1.54) is 77.5 Å². The van der Waals surface area contributed by atoms with Gasteiger partial charge in [0, 0.05) is 29.6 Å². The first-order valence-electron chi connectivity index (χ1n) is 13.9. The average molecular weight is 553 g/mol. The third-order valence-electron chi connectivity index (χ3n) is 9.19. The molecule has 5 atom stereocenters. The quantitative estimate of drug-likeness (QED) is 0.403. The maximum Gasteiger partial charge on any atom is 0.257 e. The molecule has 4 aliphatic rings. The van der Waals surface area contributed by atoms with Crippen LogP contribution < -0.4 is 5.32 Å². The van der Waals surface area contributed by atoms with Gasteiger partial charge in [0.2, 0.25) is 0 Å². The van der Waals surface area contributed by atoms with E-state index in [0.29, 0.717) is 6.54 Å². The predicted molar refractivity (Wildman–Crippen MR) is 138 cm³/mol. The number of nitrogens with one attached hydrogen (secondary N) is 1. The minimum absolute atomic E-state index is 0.288. The third kappa shape index (κ3) is 5.77. The molecular weight excluding hydrogens is 512 g/mol. The molecule has 0 unspecified atom stereocenters. The Hall–Kier alpha value is -1.05. The Morgan fingerprint density at radius 2 is 1.71 bits per heavy atom. The van der Waals surface area contributed by atoms with Crippen LogP contribution in [0, 0.1) is 29.4 Å². The maximum absolute atomic E-state index is 14.0. The van der Waals surface area contributed by atoms with Crippen molar-refractivity contribution in [3.63, 3.8) is 0 Å². The lowest BCUT2D eigenvalue weighted by Gasteiger charge is -2.58. The van der Waals surface area contributed by atoms with Crippen molar-refractivity contribution in [3.8, 4) is 0 Å². The van der Waals surface area contributed by atoms with Gasteiger partial charge in [0.05, 0.1) is 0 Å². The van der Waals surface area contributed by atoms with Gasteiger partial charge in [-0.1, -0.05) is 35.2 Å². The van der Waals surface area contributed by atoms with Gasteiger partial charge in [-0.2, -0.15) is 0 Å². The number of hydrogen-bond acceptors (Lipinski definition) is 3. The van der Waals surface area contributed by atoms with Gasteiger partial charge in [0.25, 0.3) is 5.91 Å². The Bertz CT molecular complexity index is 876. The summed E-state index contributed by atoms with van der Waals surface area (Å²) in [5.74, 6) is 0.374. The zero-order chi connectivity index (χ0) is 24.4. The second-order valence-electron chi connectivity index (χ2n) is 11.4. The highest BCUT2D eigenvalue weighted by Crippen LogP contribution is 2.48. The number of fused-ring (bicyclic) bond motifs is 6. The minimum atomic E-state index is -0.836. The van der Waals surface area contributed by atoms with Gasteiger partial charge in [0.15, 0.2) is 0 Å². The van der Waals surface area contributed by atoms with Crippen molar-refractivity contribution in [3.05, 3.63) is 33.8 Å². The summed E-state index contributed by atoms with van der Waals surface area (Å²) in [5.41, 5.74) is -0.499. The van der Waals surface area contributed by atoms with E-state index in [2.05, 4.69) is 31.0 Å². The van der Waals surface area contributed by atoms with Crippen LogP contribution in [0.1, 0.15) is 81.0 Å². The highest BCUT2D eigenvalue weighted by atomic mass is 79.9. The number of carbonyl (C=O) groups excluding carboxylic acids is 1. The van der Waals surface area contributed by atoms with Crippen molar-refractivity contribution in [2.45, 2.75) is 82.7 Å². The first kappa shape index (κ1) is 25.6. The number of nitrogens with zero attached hydrogens (tertiary/aromatic N) is 2. The third-order valence-corrected chi connectivity index (χ3v) is 9.65. The summed E-state index contributed by atoms with van der Waals surface area (Å²) in [7, 11) is 0. The Balaban J connectivity index is 1.03. The van der Waals surface area contributed by atoms with Crippen LogP contribution in [-0.2, 0) is 0 Å². The van der Waals surface area contributed by atoms with Crippen LogP contribution in [0.15, 0.2) is 16.6 Å². The number of amides is 1. The molecule has 4 nitrogen and oxygen atoms in total. The van der Waals surface area contributed by atoms with E-state index in [0.717, 1.165) is 61.2 Å². The maximum atomic E-state index is 14.0. The zero-order valence-electron chi connectivity index (χ0n) is 20.8. The Kier molecular flexibility index (Phi) is 8.45. The van der Waals surface area contributed by atoms with Gasteiger partial charge in [-0.15, -0.1) is 0 Å². The van der Waals surface area contributed by atoms with Crippen LogP contribution in [0.25, 0.3) is 0 Å². The molecule has 4 fully saturated rings. The number of likely N-dealkylation sites (tertiary alicyclic amines) is 1. The molecule has 35 heavy (non-hydrogen) atoms. The van der Waals surface area contributed by atoms with Crippen LogP contribution in [0.2, 0.25) is 0 Å². The van der Waals surface area contributed by atoms with Gasteiger partial charge >= 0.3 is 0 Å². The van der Waals surface area contributed by atoms with Crippen LogP contribution in [-0.4, -0.2) is 60.5 Å². The molecule has 0 radical (unpaired) electrons. The predicted octanol–water partition coefficient (Wildman–Crippen LogP) is 5.99. The second-order valence-corrected chi connectivity index (χ2v) is 12.3. The number of carbonyl (C=O) groups is 1.